The number of amides is 1. The standard InChI is InChI=1S/C14H28N2O3/c1-10(2)6-12(17)7-15-11-8-16(9-11)13(18)19-14(3,4)5/h10-12,15,17H,6-9H2,1-5H3. The van der Waals surface area contributed by atoms with Crippen LogP contribution in [0.25, 0.3) is 0 Å². The van der Waals surface area contributed by atoms with Crippen LogP contribution < -0.4 is 5.32 Å². The summed E-state index contributed by atoms with van der Waals surface area (Å²) >= 11 is 0. The molecule has 1 aliphatic rings. The Morgan fingerprint density at radius 3 is 2.47 bits per heavy atom. The van der Waals surface area contributed by atoms with Crippen LogP contribution in [0.2, 0.25) is 0 Å². The molecule has 0 spiro atoms. The van der Waals surface area contributed by atoms with Crippen molar-refractivity contribution < 1.29 is 14.6 Å². The smallest absolute Gasteiger partial charge is 0.410 e. The second kappa shape index (κ2) is 6.57. The van der Waals surface area contributed by atoms with Gasteiger partial charge in [0.2, 0.25) is 0 Å². The van der Waals surface area contributed by atoms with Gasteiger partial charge in [-0.3, -0.25) is 0 Å². The summed E-state index contributed by atoms with van der Waals surface area (Å²) in [4.78, 5) is 13.4. The number of nitrogens with zero attached hydrogens (tertiary/aromatic N) is 1. The molecule has 1 fully saturated rings. The molecular formula is C14H28N2O3. The van der Waals surface area contributed by atoms with Crippen molar-refractivity contribution in [2.24, 2.45) is 5.92 Å². The van der Waals surface area contributed by atoms with Crippen LogP contribution in [0.5, 0.6) is 0 Å². The van der Waals surface area contributed by atoms with Gasteiger partial charge in [-0.25, -0.2) is 4.79 Å². The molecule has 2 N–H and O–H groups in total. The van der Waals surface area contributed by atoms with Gasteiger partial charge in [0.1, 0.15) is 5.60 Å². The van der Waals surface area contributed by atoms with Crippen molar-refractivity contribution >= 4 is 6.09 Å². The largest absolute Gasteiger partial charge is 0.444 e. The first kappa shape index (κ1) is 16.2. The van der Waals surface area contributed by atoms with Crippen LogP contribution in [0.15, 0.2) is 0 Å². The van der Waals surface area contributed by atoms with Crippen LogP contribution >= 0.6 is 0 Å². The van der Waals surface area contributed by atoms with Gasteiger partial charge in [0, 0.05) is 25.7 Å². The van der Waals surface area contributed by atoms with Gasteiger partial charge in [-0.05, 0) is 33.1 Å². The van der Waals surface area contributed by atoms with E-state index in [-0.39, 0.29) is 18.2 Å². The maximum Gasteiger partial charge on any atom is 0.410 e. The molecule has 112 valence electrons. The van der Waals surface area contributed by atoms with Gasteiger partial charge < -0.3 is 20.1 Å². The van der Waals surface area contributed by atoms with E-state index in [1.54, 1.807) is 4.90 Å². The minimum Gasteiger partial charge on any atom is -0.444 e. The third-order valence-electron chi connectivity index (χ3n) is 2.92. The van der Waals surface area contributed by atoms with E-state index in [0.29, 0.717) is 25.6 Å². The summed E-state index contributed by atoms with van der Waals surface area (Å²) in [6.07, 6.45) is 0.235. The highest BCUT2D eigenvalue weighted by molar-refractivity contribution is 5.69. The van der Waals surface area contributed by atoms with E-state index in [0.717, 1.165) is 6.42 Å². The summed E-state index contributed by atoms with van der Waals surface area (Å²) in [6.45, 7) is 11.7. The van der Waals surface area contributed by atoms with E-state index in [1.807, 2.05) is 20.8 Å². The van der Waals surface area contributed by atoms with E-state index in [2.05, 4.69) is 19.2 Å². The molecule has 1 saturated heterocycles. The topological polar surface area (TPSA) is 61.8 Å². The fourth-order valence-electron chi connectivity index (χ4n) is 2.01. The lowest BCUT2D eigenvalue weighted by atomic mass is 10.0. The van der Waals surface area contributed by atoms with Gasteiger partial charge in [0.05, 0.1) is 6.10 Å². The summed E-state index contributed by atoms with van der Waals surface area (Å²) in [5, 5.41) is 13.0. The molecule has 0 aromatic heterocycles. The van der Waals surface area contributed by atoms with Crippen molar-refractivity contribution in [3.8, 4) is 0 Å². The van der Waals surface area contributed by atoms with Crippen molar-refractivity contribution in [3.63, 3.8) is 0 Å². The summed E-state index contributed by atoms with van der Waals surface area (Å²) in [5.41, 5.74) is -0.441. The molecule has 1 aliphatic heterocycles. The van der Waals surface area contributed by atoms with Gasteiger partial charge in [-0.1, -0.05) is 13.8 Å². The maximum atomic E-state index is 11.7. The van der Waals surface area contributed by atoms with Crippen LogP contribution in [-0.2, 0) is 4.74 Å². The third-order valence-corrected chi connectivity index (χ3v) is 2.92. The zero-order valence-electron chi connectivity index (χ0n) is 12.8. The Balaban J connectivity index is 2.15. The first-order valence-electron chi connectivity index (χ1n) is 7.06. The van der Waals surface area contributed by atoms with Crippen molar-refractivity contribution in [2.75, 3.05) is 19.6 Å². The fraction of sp³-hybridized carbons (Fsp3) is 0.929. The first-order valence-corrected chi connectivity index (χ1v) is 7.06. The predicted octanol–water partition coefficient (Wildman–Crippen LogP) is 1.60. The van der Waals surface area contributed by atoms with Crippen LogP contribution in [-0.4, -0.2) is 53.5 Å². The van der Waals surface area contributed by atoms with E-state index < -0.39 is 5.60 Å². The Morgan fingerprint density at radius 1 is 1.42 bits per heavy atom. The van der Waals surface area contributed by atoms with Crippen molar-refractivity contribution in [2.45, 2.75) is 58.8 Å². The van der Waals surface area contributed by atoms with Gasteiger partial charge in [-0.15, -0.1) is 0 Å². The number of aliphatic hydroxyl groups is 1. The minimum atomic E-state index is -0.441. The molecule has 0 radical (unpaired) electrons. The summed E-state index contributed by atoms with van der Waals surface area (Å²) in [5.74, 6) is 0.497. The number of hydrogen-bond acceptors (Lipinski definition) is 4. The Labute approximate surface area is 116 Å². The van der Waals surface area contributed by atoms with Gasteiger partial charge in [-0.2, -0.15) is 0 Å². The zero-order valence-corrected chi connectivity index (χ0v) is 12.8. The molecule has 0 saturated carbocycles. The number of carbonyl (C=O) groups is 1. The molecule has 0 bridgehead atoms. The van der Waals surface area contributed by atoms with Crippen molar-refractivity contribution in [1.29, 1.82) is 0 Å². The number of hydrogen-bond donors (Lipinski definition) is 2. The molecule has 19 heavy (non-hydrogen) atoms. The van der Waals surface area contributed by atoms with E-state index in [1.165, 1.54) is 0 Å². The number of ether oxygens (including phenoxy) is 1. The Hall–Kier alpha value is -0.810. The molecule has 5 nitrogen and oxygen atoms in total. The lowest BCUT2D eigenvalue weighted by molar-refractivity contribution is 0.00402. The van der Waals surface area contributed by atoms with Gasteiger partial charge >= 0.3 is 6.09 Å². The summed E-state index contributed by atoms with van der Waals surface area (Å²) < 4.78 is 5.28. The monoisotopic (exact) mass is 272 g/mol. The number of rotatable bonds is 5. The normalized spacial score (nSPS) is 18.4. The van der Waals surface area contributed by atoms with Gasteiger partial charge in [0.15, 0.2) is 0 Å². The second-order valence-corrected chi connectivity index (χ2v) is 6.77. The first-order chi connectivity index (χ1) is 8.67. The Kier molecular flexibility index (Phi) is 5.62. The predicted molar refractivity (Wildman–Crippen MR) is 75.1 cm³/mol. The molecule has 0 aromatic carbocycles. The highest BCUT2D eigenvalue weighted by Gasteiger charge is 2.33. The molecule has 1 atom stereocenters. The van der Waals surface area contributed by atoms with Crippen LogP contribution in [0.3, 0.4) is 0 Å². The Morgan fingerprint density at radius 2 is 2.00 bits per heavy atom. The van der Waals surface area contributed by atoms with Crippen LogP contribution in [0.1, 0.15) is 41.0 Å². The molecule has 1 unspecified atom stereocenters. The Bertz CT molecular complexity index is 294. The van der Waals surface area contributed by atoms with E-state index in [9.17, 15) is 9.90 Å². The van der Waals surface area contributed by atoms with Crippen LogP contribution in [0.4, 0.5) is 4.79 Å². The van der Waals surface area contributed by atoms with Crippen molar-refractivity contribution in [1.82, 2.24) is 10.2 Å². The highest BCUT2D eigenvalue weighted by atomic mass is 16.6. The van der Waals surface area contributed by atoms with E-state index in [4.69, 9.17) is 4.74 Å². The SMILES string of the molecule is CC(C)CC(O)CNC1CN(C(=O)OC(C)(C)C)C1. The number of likely N-dealkylation sites (tertiary alicyclic amines) is 1. The molecule has 1 amide bonds. The fourth-order valence-corrected chi connectivity index (χ4v) is 2.01. The molecule has 5 heteroatoms. The average molecular weight is 272 g/mol. The lowest BCUT2D eigenvalue weighted by Gasteiger charge is -2.40. The molecular weight excluding hydrogens is 244 g/mol. The van der Waals surface area contributed by atoms with E-state index >= 15 is 0 Å². The number of aliphatic hydroxyl groups excluding tert-OH is 1. The zero-order chi connectivity index (χ0) is 14.6. The molecule has 1 heterocycles. The molecule has 1 rings (SSSR count). The van der Waals surface area contributed by atoms with Crippen LogP contribution in [0, 0.1) is 5.92 Å². The maximum absolute atomic E-state index is 11.7. The minimum absolute atomic E-state index is 0.256. The quantitative estimate of drug-likeness (QED) is 0.798. The van der Waals surface area contributed by atoms with Gasteiger partial charge in [0.25, 0.3) is 0 Å². The molecule has 0 aromatic rings. The highest BCUT2D eigenvalue weighted by Crippen LogP contribution is 2.15. The second-order valence-electron chi connectivity index (χ2n) is 6.77. The average Bonchev–Trinajstić information content (AvgIpc) is 2.10. The lowest BCUT2D eigenvalue weighted by Crippen LogP contribution is -2.61. The number of nitrogens with one attached hydrogen (secondary N) is 1. The summed E-state index contributed by atoms with van der Waals surface area (Å²) in [7, 11) is 0. The summed E-state index contributed by atoms with van der Waals surface area (Å²) in [6, 6.07) is 0.273. The van der Waals surface area contributed by atoms with Crippen molar-refractivity contribution in [3.05, 3.63) is 0 Å². The third kappa shape index (κ3) is 6.25. The number of carbonyl (C=O) groups excluding carboxylic acids is 1. The molecule has 0 aliphatic carbocycles.